The average Bonchev–Trinajstić information content (AvgIpc) is 2.42. The maximum absolute atomic E-state index is 10.8. The van der Waals surface area contributed by atoms with Gasteiger partial charge in [0.05, 0.1) is 0 Å². The van der Waals surface area contributed by atoms with Crippen LogP contribution in [0.15, 0.2) is 0 Å². The number of hydrogen-bond acceptors (Lipinski definition) is 2. The molecule has 0 unspecified atom stereocenters. The molecule has 0 atom stereocenters. The van der Waals surface area contributed by atoms with Crippen LogP contribution in [0.4, 0.5) is 9.59 Å². The molecule has 2 rings (SSSR count). The van der Waals surface area contributed by atoms with E-state index in [4.69, 9.17) is 23.2 Å². The summed E-state index contributed by atoms with van der Waals surface area (Å²) in [6.45, 7) is 0. The van der Waals surface area contributed by atoms with Crippen LogP contribution in [0.5, 0.6) is 0 Å². The minimum atomic E-state index is -0.432. The SMILES string of the molecule is O=C(Cl)NC1CCC(CC2CCC(NC(=O)Cl)CC2)CC1. The predicted octanol–water partition coefficient (Wildman–Crippen LogP) is 4.39. The summed E-state index contributed by atoms with van der Waals surface area (Å²) >= 11 is 10.7. The Morgan fingerprint density at radius 3 is 1.33 bits per heavy atom. The van der Waals surface area contributed by atoms with Crippen molar-refractivity contribution in [2.75, 3.05) is 0 Å². The highest BCUT2D eigenvalue weighted by Gasteiger charge is 2.27. The summed E-state index contributed by atoms with van der Waals surface area (Å²) in [7, 11) is 0. The van der Waals surface area contributed by atoms with E-state index in [1.165, 1.54) is 32.1 Å². The van der Waals surface area contributed by atoms with Crippen molar-refractivity contribution in [3.05, 3.63) is 0 Å². The number of hydrogen-bond donors (Lipinski definition) is 2. The Balaban J connectivity index is 1.64. The highest BCUT2D eigenvalue weighted by atomic mass is 35.5. The van der Waals surface area contributed by atoms with Crippen molar-refractivity contribution in [3.63, 3.8) is 0 Å². The van der Waals surface area contributed by atoms with Gasteiger partial charge in [-0.05, 0) is 92.8 Å². The maximum atomic E-state index is 10.8. The topological polar surface area (TPSA) is 58.2 Å². The molecule has 0 aliphatic heterocycles. The summed E-state index contributed by atoms with van der Waals surface area (Å²) in [4.78, 5) is 21.7. The molecule has 2 saturated carbocycles. The average molecular weight is 335 g/mol. The first kappa shape index (κ1) is 16.9. The van der Waals surface area contributed by atoms with E-state index in [0.29, 0.717) is 0 Å². The largest absolute Gasteiger partial charge is 0.340 e. The van der Waals surface area contributed by atoms with Crippen molar-refractivity contribution in [2.45, 2.75) is 69.9 Å². The molecule has 0 saturated heterocycles. The van der Waals surface area contributed by atoms with Gasteiger partial charge in [-0.3, -0.25) is 9.59 Å². The van der Waals surface area contributed by atoms with Crippen molar-refractivity contribution < 1.29 is 9.59 Å². The third-order valence-corrected chi connectivity index (χ3v) is 5.21. The van der Waals surface area contributed by atoms with Crippen molar-refractivity contribution in [3.8, 4) is 0 Å². The van der Waals surface area contributed by atoms with Gasteiger partial charge in [0, 0.05) is 12.1 Å². The number of amides is 2. The summed E-state index contributed by atoms with van der Waals surface area (Å²) in [6.07, 6.45) is 10.2. The number of carbonyl (C=O) groups is 2. The Labute approximate surface area is 136 Å². The summed E-state index contributed by atoms with van der Waals surface area (Å²) in [5, 5.41) is 4.74. The molecule has 0 spiro atoms. The molecule has 2 aliphatic rings. The van der Waals surface area contributed by atoms with Crippen LogP contribution in [0.1, 0.15) is 57.8 Å². The minimum absolute atomic E-state index is 0.265. The Bertz CT molecular complexity index is 329. The molecule has 4 nitrogen and oxygen atoms in total. The van der Waals surface area contributed by atoms with E-state index in [9.17, 15) is 9.59 Å². The van der Waals surface area contributed by atoms with E-state index < -0.39 is 10.7 Å². The van der Waals surface area contributed by atoms with Gasteiger partial charge in [0.15, 0.2) is 0 Å². The zero-order valence-electron chi connectivity index (χ0n) is 12.2. The fraction of sp³-hybridized carbons (Fsp3) is 0.867. The monoisotopic (exact) mass is 334 g/mol. The van der Waals surface area contributed by atoms with E-state index >= 15 is 0 Å². The van der Waals surface area contributed by atoms with Gasteiger partial charge in [0.1, 0.15) is 0 Å². The lowest BCUT2D eigenvalue weighted by Gasteiger charge is -2.34. The number of carbonyl (C=O) groups excluding carboxylic acids is 2. The Morgan fingerprint density at radius 1 is 0.714 bits per heavy atom. The van der Waals surface area contributed by atoms with E-state index in [2.05, 4.69) is 10.6 Å². The van der Waals surface area contributed by atoms with Crippen LogP contribution in [0.2, 0.25) is 0 Å². The Kier molecular flexibility index (Phi) is 6.62. The van der Waals surface area contributed by atoms with Crippen molar-refractivity contribution in [1.29, 1.82) is 0 Å². The molecule has 0 radical (unpaired) electrons. The zero-order valence-corrected chi connectivity index (χ0v) is 13.8. The summed E-state index contributed by atoms with van der Waals surface area (Å²) < 4.78 is 0. The lowest BCUT2D eigenvalue weighted by atomic mass is 9.76. The maximum Gasteiger partial charge on any atom is 0.314 e. The number of rotatable bonds is 4. The van der Waals surface area contributed by atoms with Crippen LogP contribution in [0.25, 0.3) is 0 Å². The van der Waals surface area contributed by atoms with E-state index in [1.54, 1.807) is 0 Å². The molecule has 0 aromatic carbocycles. The molecule has 2 fully saturated rings. The van der Waals surface area contributed by atoms with Crippen molar-refractivity contribution in [1.82, 2.24) is 10.6 Å². The first-order valence-electron chi connectivity index (χ1n) is 7.95. The Hall–Kier alpha value is -0.480. The van der Waals surface area contributed by atoms with Gasteiger partial charge in [-0.2, -0.15) is 0 Å². The molecule has 0 heterocycles. The van der Waals surface area contributed by atoms with Crippen LogP contribution >= 0.6 is 23.2 Å². The van der Waals surface area contributed by atoms with Crippen LogP contribution in [-0.2, 0) is 0 Å². The summed E-state index contributed by atoms with van der Waals surface area (Å²) in [5.74, 6) is 1.55. The van der Waals surface area contributed by atoms with E-state index in [0.717, 1.165) is 37.5 Å². The predicted molar refractivity (Wildman–Crippen MR) is 84.9 cm³/mol. The second-order valence-corrected chi connectivity index (χ2v) is 7.19. The standard InChI is InChI=1S/C15H24Cl2N2O2/c16-14(20)18-12-5-1-10(2-6-12)9-11-3-7-13(8-4-11)19-15(17)21/h10-13H,1-9H2,(H,18,20)(H,19,21). The molecule has 2 N–H and O–H groups in total. The lowest BCUT2D eigenvalue weighted by Crippen LogP contribution is -2.36. The minimum Gasteiger partial charge on any atom is -0.340 e. The fourth-order valence-corrected chi connectivity index (χ4v) is 4.19. The van der Waals surface area contributed by atoms with E-state index in [-0.39, 0.29) is 12.1 Å². The van der Waals surface area contributed by atoms with Gasteiger partial charge in [0.25, 0.3) is 0 Å². The molecule has 2 aliphatic carbocycles. The summed E-state index contributed by atoms with van der Waals surface area (Å²) in [5.41, 5.74) is 0. The molecule has 0 aromatic heterocycles. The van der Waals surface area contributed by atoms with Gasteiger partial charge in [-0.1, -0.05) is 0 Å². The Morgan fingerprint density at radius 2 is 1.05 bits per heavy atom. The molecular weight excluding hydrogens is 311 g/mol. The quantitative estimate of drug-likeness (QED) is 0.591. The van der Waals surface area contributed by atoms with Gasteiger partial charge in [0.2, 0.25) is 0 Å². The van der Waals surface area contributed by atoms with Crippen LogP contribution in [0, 0.1) is 11.8 Å². The molecule has 21 heavy (non-hydrogen) atoms. The molecular formula is C15H24Cl2N2O2. The normalized spacial score (nSPS) is 33.2. The summed E-state index contributed by atoms with van der Waals surface area (Å²) in [6, 6.07) is 0.529. The fourth-order valence-electron chi connectivity index (χ4n) is 3.88. The van der Waals surface area contributed by atoms with Gasteiger partial charge >= 0.3 is 10.7 Å². The highest BCUT2D eigenvalue weighted by Crippen LogP contribution is 2.35. The first-order valence-corrected chi connectivity index (χ1v) is 8.70. The second-order valence-electron chi connectivity index (χ2n) is 6.51. The van der Waals surface area contributed by atoms with Crippen LogP contribution < -0.4 is 10.6 Å². The van der Waals surface area contributed by atoms with Crippen LogP contribution in [0.3, 0.4) is 0 Å². The van der Waals surface area contributed by atoms with Crippen LogP contribution in [-0.4, -0.2) is 22.8 Å². The van der Waals surface area contributed by atoms with Gasteiger partial charge < -0.3 is 10.6 Å². The van der Waals surface area contributed by atoms with Crippen molar-refractivity contribution >= 4 is 33.9 Å². The molecule has 2 amide bonds. The zero-order chi connectivity index (χ0) is 15.2. The van der Waals surface area contributed by atoms with Gasteiger partial charge in [-0.15, -0.1) is 0 Å². The molecule has 0 aromatic rings. The molecule has 6 heteroatoms. The first-order chi connectivity index (χ1) is 10.0. The van der Waals surface area contributed by atoms with E-state index in [1.807, 2.05) is 0 Å². The lowest BCUT2D eigenvalue weighted by molar-refractivity contribution is 0.206. The third kappa shape index (κ3) is 6.03. The van der Waals surface area contributed by atoms with Gasteiger partial charge in [-0.25, -0.2) is 0 Å². The molecule has 0 bridgehead atoms. The second kappa shape index (κ2) is 8.23. The number of halogens is 2. The third-order valence-electron chi connectivity index (χ3n) is 5.00. The van der Waals surface area contributed by atoms with Crippen molar-refractivity contribution in [2.24, 2.45) is 11.8 Å². The highest BCUT2D eigenvalue weighted by molar-refractivity contribution is 6.63. The number of nitrogens with one attached hydrogen (secondary N) is 2. The molecule has 120 valence electrons. The smallest absolute Gasteiger partial charge is 0.314 e.